The highest BCUT2D eigenvalue weighted by Crippen LogP contribution is 2.22. The van der Waals surface area contributed by atoms with Gasteiger partial charge in [0, 0.05) is 13.7 Å². The molecule has 1 aromatic rings. The lowest BCUT2D eigenvalue weighted by Crippen LogP contribution is -2.54. The van der Waals surface area contributed by atoms with E-state index in [0.29, 0.717) is 6.54 Å². The van der Waals surface area contributed by atoms with Crippen LogP contribution in [0.15, 0.2) is 24.3 Å². The summed E-state index contributed by atoms with van der Waals surface area (Å²) < 4.78 is 10.7. The molecule has 0 radical (unpaired) electrons. The predicted octanol–water partition coefficient (Wildman–Crippen LogP) is 1.93. The molecule has 23 heavy (non-hydrogen) atoms. The normalized spacial score (nSPS) is 16.3. The third kappa shape index (κ3) is 5.37. The van der Waals surface area contributed by atoms with Crippen molar-refractivity contribution in [3.8, 4) is 5.75 Å². The van der Waals surface area contributed by atoms with Crippen molar-refractivity contribution in [2.45, 2.75) is 31.3 Å². The second-order valence-electron chi connectivity index (χ2n) is 5.66. The number of aryl methyl sites for hydroxylation is 1. The van der Waals surface area contributed by atoms with E-state index in [0.717, 1.165) is 44.5 Å². The van der Waals surface area contributed by atoms with Crippen LogP contribution in [0.1, 0.15) is 24.8 Å². The molecule has 1 fully saturated rings. The zero-order valence-corrected chi connectivity index (χ0v) is 14.7. The minimum atomic E-state index is -0.652. The summed E-state index contributed by atoms with van der Waals surface area (Å²) in [7, 11) is 3.30. The molecule has 0 bridgehead atoms. The van der Waals surface area contributed by atoms with Crippen molar-refractivity contribution in [3.05, 3.63) is 29.8 Å². The first kappa shape index (κ1) is 19.7. The van der Waals surface area contributed by atoms with E-state index in [1.54, 1.807) is 14.2 Å². The van der Waals surface area contributed by atoms with Crippen molar-refractivity contribution < 1.29 is 14.3 Å². The number of carbonyl (C=O) groups excluding carboxylic acids is 1. The number of halogens is 1. The molecule has 2 rings (SSSR count). The molecule has 130 valence electrons. The van der Waals surface area contributed by atoms with E-state index in [1.807, 2.05) is 18.2 Å². The van der Waals surface area contributed by atoms with Gasteiger partial charge >= 0.3 is 0 Å². The van der Waals surface area contributed by atoms with Gasteiger partial charge in [-0.3, -0.25) is 4.79 Å². The first-order valence-electron chi connectivity index (χ1n) is 7.87. The summed E-state index contributed by atoms with van der Waals surface area (Å²) in [6.07, 6.45) is 3.27. The Balaban J connectivity index is 0.00000264. The van der Waals surface area contributed by atoms with Crippen LogP contribution in [-0.2, 0) is 16.0 Å². The lowest BCUT2D eigenvalue weighted by atomic mass is 9.91. The SMILES string of the molecule is COc1cccc(CCCNC(=O)C2(OC)CCNCC2)c1.Cl. The number of piperidine rings is 1. The molecule has 0 unspecified atom stereocenters. The maximum atomic E-state index is 12.4. The van der Waals surface area contributed by atoms with E-state index in [2.05, 4.69) is 16.7 Å². The Kier molecular flexibility index (Phi) is 8.37. The first-order valence-corrected chi connectivity index (χ1v) is 7.87. The smallest absolute Gasteiger partial charge is 0.252 e. The van der Waals surface area contributed by atoms with Gasteiger partial charge in [0.05, 0.1) is 7.11 Å². The number of amides is 1. The predicted molar refractivity (Wildman–Crippen MR) is 93.4 cm³/mol. The summed E-state index contributed by atoms with van der Waals surface area (Å²) in [5.41, 5.74) is 0.568. The Morgan fingerprint density at radius 3 is 2.70 bits per heavy atom. The summed E-state index contributed by atoms with van der Waals surface area (Å²) >= 11 is 0. The average molecular weight is 343 g/mol. The molecule has 5 nitrogen and oxygen atoms in total. The summed E-state index contributed by atoms with van der Waals surface area (Å²) in [4.78, 5) is 12.4. The van der Waals surface area contributed by atoms with E-state index >= 15 is 0 Å². The van der Waals surface area contributed by atoms with E-state index < -0.39 is 5.60 Å². The highest BCUT2D eigenvalue weighted by atomic mass is 35.5. The molecule has 1 saturated heterocycles. The van der Waals surface area contributed by atoms with Gasteiger partial charge in [0.15, 0.2) is 0 Å². The van der Waals surface area contributed by atoms with Crippen LogP contribution in [0.2, 0.25) is 0 Å². The minimum Gasteiger partial charge on any atom is -0.497 e. The van der Waals surface area contributed by atoms with E-state index in [-0.39, 0.29) is 18.3 Å². The lowest BCUT2D eigenvalue weighted by molar-refractivity contribution is -0.146. The Bertz CT molecular complexity index is 490. The molecule has 1 amide bonds. The maximum absolute atomic E-state index is 12.4. The van der Waals surface area contributed by atoms with Gasteiger partial charge in [-0.15, -0.1) is 12.4 Å². The van der Waals surface area contributed by atoms with Crippen LogP contribution in [0, 0.1) is 0 Å². The monoisotopic (exact) mass is 342 g/mol. The van der Waals surface area contributed by atoms with Crippen LogP contribution in [0.3, 0.4) is 0 Å². The number of nitrogens with one attached hydrogen (secondary N) is 2. The fourth-order valence-corrected chi connectivity index (χ4v) is 2.84. The van der Waals surface area contributed by atoms with Gasteiger partial charge in [-0.2, -0.15) is 0 Å². The van der Waals surface area contributed by atoms with Crippen molar-refractivity contribution >= 4 is 18.3 Å². The van der Waals surface area contributed by atoms with Gasteiger partial charge in [0.25, 0.3) is 5.91 Å². The summed E-state index contributed by atoms with van der Waals surface area (Å²) in [6.45, 7) is 2.31. The van der Waals surface area contributed by atoms with Gasteiger partial charge in [0.2, 0.25) is 0 Å². The van der Waals surface area contributed by atoms with Crippen LogP contribution < -0.4 is 15.4 Å². The summed E-state index contributed by atoms with van der Waals surface area (Å²) in [5, 5.41) is 6.28. The fraction of sp³-hybridized carbons (Fsp3) is 0.588. The standard InChI is InChI=1S/C17H26N2O3.ClH/c1-21-15-7-3-5-14(13-15)6-4-10-19-16(20)17(22-2)8-11-18-12-9-17;/h3,5,7,13,18H,4,6,8-12H2,1-2H3,(H,19,20);1H. The first-order chi connectivity index (χ1) is 10.7. The third-order valence-electron chi connectivity index (χ3n) is 4.28. The van der Waals surface area contributed by atoms with Gasteiger partial charge in [-0.05, 0) is 56.5 Å². The minimum absolute atomic E-state index is 0. The zero-order chi connectivity index (χ0) is 15.8. The molecule has 0 saturated carbocycles. The number of rotatable bonds is 7. The fourth-order valence-electron chi connectivity index (χ4n) is 2.84. The molecule has 1 heterocycles. The molecule has 2 N–H and O–H groups in total. The van der Waals surface area contributed by atoms with Gasteiger partial charge in [-0.25, -0.2) is 0 Å². The average Bonchev–Trinajstić information content (AvgIpc) is 2.59. The molecule has 0 aromatic heterocycles. The van der Waals surface area contributed by atoms with E-state index in [1.165, 1.54) is 5.56 Å². The Hall–Kier alpha value is -1.30. The Morgan fingerprint density at radius 2 is 2.04 bits per heavy atom. The van der Waals surface area contributed by atoms with Crippen molar-refractivity contribution in [1.82, 2.24) is 10.6 Å². The van der Waals surface area contributed by atoms with Gasteiger partial charge < -0.3 is 20.1 Å². The Morgan fingerprint density at radius 1 is 1.30 bits per heavy atom. The maximum Gasteiger partial charge on any atom is 0.252 e. The molecule has 1 aliphatic rings. The van der Waals surface area contributed by atoms with Crippen LogP contribution >= 0.6 is 12.4 Å². The summed E-state index contributed by atoms with van der Waals surface area (Å²) in [5.74, 6) is 0.886. The molecule has 0 atom stereocenters. The van der Waals surface area contributed by atoms with Crippen molar-refractivity contribution in [2.75, 3.05) is 33.9 Å². The third-order valence-corrected chi connectivity index (χ3v) is 4.28. The molecular formula is C17H27ClN2O3. The summed E-state index contributed by atoms with van der Waals surface area (Å²) in [6, 6.07) is 8.03. The van der Waals surface area contributed by atoms with Gasteiger partial charge in [-0.1, -0.05) is 12.1 Å². The number of hydrogen-bond donors (Lipinski definition) is 2. The molecule has 1 aromatic carbocycles. The quantitative estimate of drug-likeness (QED) is 0.743. The van der Waals surface area contributed by atoms with Crippen molar-refractivity contribution in [2.24, 2.45) is 0 Å². The highest BCUT2D eigenvalue weighted by Gasteiger charge is 2.39. The van der Waals surface area contributed by atoms with Crippen molar-refractivity contribution in [1.29, 1.82) is 0 Å². The van der Waals surface area contributed by atoms with Crippen LogP contribution in [-0.4, -0.2) is 45.4 Å². The highest BCUT2D eigenvalue weighted by molar-refractivity contribution is 5.85. The van der Waals surface area contributed by atoms with Crippen LogP contribution in [0.25, 0.3) is 0 Å². The second-order valence-corrected chi connectivity index (χ2v) is 5.66. The number of methoxy groups -OCH3 is 2. The number of benzene rings is 1. The lowest BCUT2D eigenvalue weighted by Gasteiger charge is -2.34. The molecular weight excluding hydrogens is 316 g/mol. The Labute approximate surface area is 144 Å². The molecule has 6 heteroatoms. The number of hydrogen-bond acceptors (Lipinski definition) is 4. The van der Waals surface area contributed by atoms with E-state index in [9.17, 15) is 4.79 Å². The largest absolute Gasteiger partial charge is 0.497 e. The van der Waals surface area contributed by atoms with Crippen LogP contribution in [0.4, 0.5) is 0 Å². The van der Waals surface area contributed by atoms with E-state index in [4.69, 9.17) is 9.47 Å². The topological polar surface area (TPSA) is 59.6 Å². The van der Waals surface area contributed by atoms with Crippen molar-refractivity contribution in [3.63, 3.8) is 0 Å². The van der Waals surface area contributed by atoms with Gasteiger partial charge in [0.1, 0.15) is 11.4 Å². The van der Waals surface area contributed by atoms with Crippen LogP contribution in [0.5, 0.6) is 5.75 Å². The molecule has 0 spiro atoms. The molecule has 1 aliphatic heterocycles. The zero-order valence-electron chi connectivity index (χ0n) is 13.9. The number of carbonyl (C=O) groups is 1. The second kappa shape index (κ2) is 9.75. The number of ether oxygens (including phenoxy) is 2. The molecule has 0 aliphatic carbocycles.